The van der Waals surface area contributed by atoms with Gasteiger partial charge in [0, 0.05) is 26.3 Å². The van der Waals surface area contributed by atoms with E-state index in [1.165, 1.54) is 0 Å². The number of hydrogen-bond donors (Lipinski definition) is 1. The minimum Gasteiger partial charge on any atom is -0.363 e. The van der Waals surface area contributed by atoms with Crippen LogP contribution in [0.4, 0.5) is 5.82 Å². The zero-order chi connectivity index (χ0) is 9.84. The van der Waals surface area contributed by atoms with Gasteiger partial charge in [0.25, 0.3) is 0 Å². The van der Waals surface area contributed by atoms with Crippen LogP contribution in [-0.4, -0.2) is 19.1 Å². The third-order valence-electron chi connectivity index (χ3n) is 2.10. The van der Waals surface area contributed by atoms with Crippen molar-refractivity contribution in [3.63, 3.8) is 0 Å². The third-order valence-corrected chi connectivity index (χ3v) is 2.10. The Bertz CT molecular complexity index is 253. The highest BCUT2D eigenvalue weighted by molar-refractivity contribution is 5.37. The summed E-state index contributed by atoms with van der Waals surface area (Å²) in [4.78, 5) is 6.27. The lowest BCUT2D eigenvalue weighted by Crippen LogP contribution is -2.12. The minimum atomic E-state index is 0.115. The van der Waals surface area contributed by atoms with Gasteiger partial charge in [-0.3, -0.25) is 0 Å². The zero-order valence-electron chi connectivity index (χ0n) is 8.49. The summed E-state index contributed by atoms with van der Waals surface area (Å²) in [6, 6.07) is 4.14. The number of hydrogen-bond acceptors (Lipinski definition) is 3. The van der Waals surface area contributed by atoms with Crippen molar-refractivity contribution in [1.29, 1.82) is 0 Å². The molecule has 0 aromatic carbocycles. The first kappa shape index (κ1) is 9.99. The lowest BCUT2D eigenvalue weighted by atomic mass is 10.1. The van der Waals surface area contributed by atoms with Gasteiger partial charge >= 0.3 is 0 Å². The molecule has 0 unspecified atom stereocenters. The molecule has 0 aliphatic carbocycles. The summed E-state index contributed by atoms with van der Waals surface area (Å²) in [6.45, 7) is 2.07. The van der Waals surface area contributed by atoms with Gasteiger partial charge in [0.15, 0.2) is 0 Å². The minimum absolute atomic E-state index is 0.115. The second-order valence-electron chi connectivity index (χ2n) is 3.36. The maximum atomic E-state index is 5.87. The normalized spacial score (nSPS) is 12.6. The van der Waals surface area contributed by atoms with E-state index in [0.717, 1.165) is 17.8 Å². The van der Waals surface area contributed by atoms with E-state index in [9.17, 15) is 0 Å². The van der Waals surface area contributed by atoms with Gasteiger partial charge in [0.1, 0.15) is 5.82 Å². The Kier molecular flexibility index (Phi) is 3.25. The Morgan fingerprint density at radius 3 is 2.54 bits per heavy atom. The molecule has 1 heterocycles. The molecule has 0 radical (unpaired) electrons. The molecule has 0 amide bonds. The maximum Gasteiger partial charge on any atom is 0.127 e. The van der Waals surface area contributed by atoms with Crippen LogP contribution in [0.1, 0.15) is 24.9 Å². The zero-order valence-corrected chi connectivity index (χ0v) is 8.49. The van der Waals surface area contributed by atoms with Gasteiger partial charge in [-0.05, 0) is 18.1 Å². The molecule has 0 aliphatic rings. The van der Waals surface area contributed by atoms with E-state index in [0.29, 0.717) is 0 Å². The number of anilines is 1. The van der Waals surface area contributed by atoms with Gasteiger partial charge in [-0.1, -0.05) is 13.0 Å². The monoisotopic (exact) mass is 179 g/mol. The van der Waals surface area contributed by atoms with E-state index >= 15 is 0 Å². The topological polar surface area (TPSA) is 42.1 Å². The van der Waals surface area contributed by atoms with Gasteiger partial charge in [0.2, 0.25) is 0 Å². The molecule has 3 heteroatoms. The average Bonchev–Trinajstić information content (AvgIpc) is 2.17. The first-order valence-corrected chi connectivity index (χ1v) is 4.54. The molecule has 0 aliphatic heterocycles. The van der Waals surface area contributed by atoms with Crippen LogP contribution in [-0.2, 0) is 0 Å². The summed E-state index contributed by atoms with van der Waals surface area (Å²) in [6.07, 6.45) is 2.80. The first-order chi connectivity index (χ1) is 6.15. The van der Waals surface area contributed by atoms with E-state index in [1.54, 1.807) is 0 Å². The van der Waals surface area contributed by atoms with Crippen molar-refractivity contribution in [2.75, 3.05) is 19.0 Å². The SMILES string of the molecule is CC[C@H](N)c1ccc(N(C)C)nc1. The molecule has 13 heavy (non-hydrogen) atoms. The molecule has 72 valence electrons. The molecule has 1 aromatic heterocycles. The van der Waals surface area contributed by atoms with Gasteiger partial charge < -0.3 is 10.6 Å². The van der Waals surface area contributed by atoms with E-state index < -0.39 is 0 Å². The van der Waals surface area contributed by atoms with Crippen molar-refractivity contribution in [2.45, 2.75) is 19.4 Å². The summed E-state index contributed by atoms with van der Waals surface area (Å²) in [7, 11) is 3.95. The van der Waals surface area contributed by atoms with Crippen molar-refractivity contribution in [1.82, 2.24) is 4.98 Å². The number of aromatic nitrogens is 1. The van der Waals surface area contributed by atoms with Gasteiger partial charge in [-0.15, -0.1) is 0 Å². The molecule has 1 atom stereocenters. The number of pyridine rings is 1. The Labute approximate surface area is 79.6 Å². The van der Waals surface area contributed by atoms with Crippen molar-refractivity contribution in [3.05, 3.63) is 23.9 Å². The highest BCUT2D eigenvalue weighted by Gasteiger charge is 2.03. The Morgan fingerprint density at radius 1 is 1.46 bits per heavy atom. The largest absolute Gasteiger partial charge is 0.363 e. The van der Waals surface area contributed by atoms with Crippen molar-refractivity contribution in [3.8, 4) is 0 Å². The summed E-state index contributed by atoms with van der Waals surface area (Å²) < 4.78 is 0. The van der Waals surface area contributed by atoms with Crippen LogP contribution in [0.3, 0.4) is 0 Å². The molecule has 1 rings (SSSR count). The van der Waals surface area contributed by atoms with Crippen molar-refractivity contribution >= 4 is 5.82 Å². The van der Waals surface area contributed by atoms with Crippen LogP contribution in [0, 0.1) is 0 Å². The van der Waals surface area contributed by atoms with Crippen LogP contribution in [0.25, 0.3) is 0 Å². The average molecular weight is 179 g/mol. The lowest BCUT2D eigenvalue weighted by Gasteiger charge is -2.13. The van der Waals surface area contributed by atoms with Crippen LogP contribution >= 0.6 is 0 Å². The quantitative estimate of drug-likeness (QED) is 0.765. The molecule has 0 saturated carbocycles. The van der Waals surface area contributed by atoms with E-state index in [1.807, 2.05) is 37.3 Å². The predicted octanol–water partition coefficient (Wildman–Crippen LogP) is 1.56. The predicted molar refractivity (Wildman–Crippen MR) is 55.8 cm³/mol. The fourth-order valence-electron chi connectivity index (χ4n) is 1.12. The van der Waals surface area contributed by atoms with Crippen molar-refractivity contribution in [2.24, 2.45) is 5.73 Å². The van der Waals surface area contributed by atoms with E-state index in [2.05, 4.69) is 11.9 Å². The van der Waals surface area contributed by atoms with Gasteiger partial charge in [-0.2, -0.15) is 0 Å². The van der Waals surface area contributed by atoms with Crippen LogP contribution in [0.15, 0.2) is 18.3 Å². The molecule has 0 bridgehead atoms. The smallest absolute Gasteiger partial charge is 0.127 e. The molecule has 2 N–H and O–H groups in total. The summed E-state index contributed by atoms with van der Waals surface area (Å²) in [5.41, 5.74) is 6.97. The lowest BCUT2D eigenvalue weighted by molar-refractivity contribution is 0.695. The number of rotatable bonds is 3. The molecular weight excluding hydrogens is 162 g/mol. The third kappa shape index (κ3) is 2.42. The van der Waals surface area contributed by atoms with Crippen LogP contribution in [0.5, 0.6) is 0 Å². The molecule has 1 aromatic rings. The fourth-order valence-corrected chi connectivity index (χ4v) is 1.12. The Balaban J connectivity index is 2.81. The summed E-state index contributed by atoms with van der Waals surface area (Å²) in [5.74, 6) is 0.965. The highest BCUT2D eigenvalue weighted by Crippen LogP contribution is 2.14. The van der Waals surface area contributed by atoms with E-state index in [4.69, 9.17) is 5.73 Å². The second kappa shape index (κ2) is 4.23. The maximum absolute atomic E-state index is 5.87. The molecule has 0 saturated heterocycles. The number of nitrogens with zero attached hydrogens (tertiary/aromatic N) is 2. The van der Waals surface area contributed by atoms with Gasteiger partial charge in [0.05, 0.1) is 0 Å². The van der Waals surface area contributed by atoms with E-state index in [-0.39, 0.29) is 6.04 Å². The molecule has 3 nitrogen and oxygen atoms in total. The fraction of sp³-hybridized carbons (Fsp3) is 0.500. The molecular formula is C10H17N3. The van der Waals surface area contributed by atoms with Crippen molar-refractivity contribution < 1.29 is 0 Å². The molecule has 0 fully saturated rings. The second-order valence-corrected chi connectivity index (χ2v) is 3.36. The Hall–Kier alpha value is -1.09. The van der Waals surface area contributed by atoms with Gasteiger partial charge in [-0.25, -0.2) is 4.98 Å². The highest BCUT2D eigenvalue weighted by atomic mass is 15.1. The Morgan fingerprint density at radius 2 is 2.15 bits per heavy atom. The van der Waals surface area contributed by atoms with Crippen LogP contribution < -0.4 is 10.6 Å². The number of nitrogens with two attached hydrogens (primary N) is 1. The summed E-state index contributed by atoms with van der Waals surface area (Å²) in [5, 5.41) is 0. The standard InChI is InChI=1S/C10H17N3/c1-4-9(11)8-5-6-10(12-7-8)13(2)3/h5-7,9H,4,11H2,1-3H3/t9-/m0/s1. The first-order valence-electron chi connectivity index (χ1n) is 4.54. The van der Waals surface area contributed by atoms with Crippen LogP contribution in [0.2, 0.25) is 0 Å². The summed E-state index contributed by atoms with van der Waals surface area (Å²) >= 11 is 0. The molecule has 0 spiro atoms.